The molecule has 0 unspecified atom stereocenters. The standard InChI is InChI=1S/C6H11F3N2.C6H13N/c7-6(8,9)5-11-3-1-10-2-4-11;7-6-4-2-1-3-5-6/h10H,1-5H2;6H,1-5,7H2. The summed E-state index contributed by atoms with van der Waals surface area (Å²) >= 11 is 0. The zero-order chi connectivity index (χ0) is 13.4. The van der Waals surface area contributed by atoms with Crippen molar-refractivity contribution in [3.05, 3.63) is 0 Å². The summed E-state index contributed by atoms with van der Waals surface area (Å²) in [5.41, 5.74) is 5.63. The van der Waals surface area contributed by atoms with Crippen LogP contribution in [0.15, 0.2) is 0 Å². The molecule has 1 aliphatic carbocycles. The summed E-state index contributed by atoms with van der Waals surface area (Å²) in [5.74, 6) is 0. The summed E-state index contributed by atoms with van der Waals surface area (Å²) in [5, 5.41) is 2.99. The van der Waals surface area contributed by atoms with E-state index < -0.39 is 12.7 Å². The first-order valence-electron chi connectivity index (χ1n) is 6.73. The molecule has 0 aromatic rings. The van der Waals surface area contributed by atoms with Crippen molar-refractivity contribution in [1.82, 2.24) is 10.2 Å². The van der Waals surface area contributed by atoms with Crippen molar-refractivity contribution in [3.63, 3.8) is 0 Å². The van der Waals surface area contributed by atoms with Crippen LogP contribution in [0.4, 0.5) is 13.2 Å². The molecule has 2 rings (SSSR count). The van der Waals surface area contributed by atoms with Gasteiger partial charge in [-0.2, -0.15) is 13.2 Å². The Hall–Kier alpha value is -0.330. The van der Waals surface area contributed by atoms with E-state index in [9.17, 15) is 13.2 Å². The molecule has 6 heteroatoms. The summed E-state index contributed by atoms with van der Waals surface area (Å²) < 4.78 is 35.3. The molecular formula is C12H24F3N3. The zero-order valence-corrected chi connectivity index (χ0v) is 10.8. The van der Waals surface area contributed by atoms with E-state index in [1.807, 2.05) is 0 Å². The van der Waals surface area contributed by atoms with Gasteiger partial charge in [-0.1, -0.05) is 19.3 Å². The van der Waals surface area contributed by atoms with Gasteiger partial charge >= 0.3 is 6.18 Å². The highest BCUT2D eigenvalue weighted by molar-refractivity contribution is 4.70. The van der Waals surface area contributed by atoms with Crippen molar-refractivity contribution in [1.29, 1.82) is 0 Å². The van der Waals surface area contributed by atoms with Crippen LogP contribution >= 0.6 is 0 Å². The van der Waals surface area contributed by atoms with Gasteiger partial charge in [0, 0.05) is 32.2 Å². The maximum absolute atomic E-state index is 11.8. The van der Waals surface area contributed by atoms with Gasteiger partial charge in [-0.3, -0.25) is 4.90 Å². The van der Waals surface area contributed by atoms with Crippen LogP contribution in [0.3, 0.4) is 0 Å². The Morgan fingerprint density at radius 3 is 2.00 bits per heavy atom. The fourth-order valence-corrected chi connectivity index (χ4v) is 2.26. The second-order valence-corrected chi connectivity index (χ2v) is 5.04. The number of nitrogens with one attached hydrogen (secondary N) is 1. The number of alkyl halides is 3. The van der Waals surface area contributed by atoms with Gasteiger partial charge in [-0.25, -0.2) is 0 Å². The SMILES string of the molecule is FC(F)(F)CN1CCNCC1.NC1CCCCC1. The van der Waals surface area contributed by atoms with Crippen LogP contribution in [0.5, 0.6) is 0 Å². The molecule has 18 heavy (non-hydrogen) atoms. The average Bonchev–Trinajstić information content (AvgIpc) is 2.30. The molecule has 0 spiro atoms. The molecule has 3 nitrogen and oxygen atoms in total. The number of rotatable bonds is 1. The Kier molecular flexibility index (Phi) is 6.96. The Morgan fingerprint density at radius 1 is 1.06 bits per heavy atom. The first kappa shape index (κ1) is 15.7. The summed E-state index contributed by atoms with van der Waals surface area (Å²) in [6.45, 7) is 1.56. The lowest BCUT2D eigenvalue weighted by Gasteiger charge is -2.27. The highest BCUT2D eigenvalue weighted by Crippen LogP contribution is 2.16. The third-order valence-electron chi connectivity index (χ3n) is 3.26. The van der Waals surface area contributed by atoms with Gasteiger partial charge in [0.15, 0.2) is 0 Å². The van der Waals surface area contributed by atoms with Gasteiger partial charge < -0.3 is 11.1 Å². The van der Waals surface area contributed by atoms with Crippen LogP contribution in [0.1, 0.15) is 32.1 Å². The van der Waals surface area contributed by atoms with Crippen LogP contribution in [0, 0.1) is 0 Å². The van der Waals surface area contributed by atoms with Crippen molar-refractivity contribution in [2.24, 2.45) is 5.73 Å². The predicted molar refractivity (Wildman–Crippen MR) is 66.4 cm³/mol. The van der Waals surface area contributed by atoms with Gasteiger partial charge in [0.1, 0.15) is 0 Å². The van der Waals surface area contributed by atoms with E-state index in [1.165, 1.54) is 37.0 Å². The highest BCUT2D eigenvalue weighted by atomic mass is 19.4. The number of nitrogens with zero attached hydrogens (tertiary/aromatic N) is 1. The minimum atomic E-state index is -4.04. The minimum Gasteiger partial charge on any atom is -0.328 e. The lowest BCUT2D eigenvalue weighted by atomic mass is 9.97. The molecule has 1 heterocycles. The molecule has 1 aliphatic heterocycles. The molecule has 1 saturated carbocycles. The Balaban J connectivity index is 0.000000199. The first-order chi connectivity index (χ1) is 8.47. The van der Waals surface area contributed by atoms with Crippen molar-refractivity contribution >= 4 is 0 Å². The number of hydrogen-bond donors (Lipinski definition) is 2. The maximum Gasteiger partial charge on any atom is 0.401 e. The largest absolute Gasteiger partial charge is 0.401 e. The number of halogens is 3. The van der Waals surface area contributed by atoms with Gasteiger partial charge in [0.2, 0.25) is 0 Å². The Morgan fingerprint density at radius 2 is 1.61 bits per heavy atom. The van der Waals surface area contributed by atoms with Crippen LogP contribution < -0.4 is 11.1 Å². The topological polar surface area (TPSA) is 41.3 Å². The van der Waals surface area contributed by atoms with Gasteiger partial charge in [0.25, 0.3) is 0 Å². The monoisotopic (exact) mass is 267 g/mol. The second-order valence-electron chi connectivity index (χ2n) is 5.04. The lowest BCUT2D eigenvalue weighted by molar-refractivity contribution is -0.146. The van der Waals surface area contributed by atoms with Gasteiger partial charge in [-0.05, 0) is 12.8 Å². The summed E-state index contributed by atoms with van der Waals surface area (Å²) in [6, 6.07) is 0.536. The minimum absolute atomic E-state index is 0.500. The van der Waals surface area contributed by atoms with Crippen LogP contribution in [0.25, 0.3) is 0 Å². The average molecular weight is 267 g/mol. The molecule has 1 saturated heterocycles. The quantitative estimate of drug-likeness (QED) is 0.760. The second kappa shape index (κ2) is 7.96. The highest BCUT2D eigenvalue weighted by Gasteiger charge is 2.30. The van der Waals surface area contributed by atoms with Crippen molar-refractivity contribution in [2.45, 2.75) is 44.3 Å². The van der Waals surface area contributed by atoms with Crippen LogP contribution in [-0.2, 0) is 0 Å². The molecular weight excluding hydrogens is 243 g/mol. The fraction of sp³-hybridized carbons (Fsp3) is 1.00. The lowest BCUT2D eigenvalue weighted by Crippen LogP contribution is -2.47. The normalized spacial score (nSPS) is 23.3. The first-order valence-corrected chi connectivity index (χ1v) is 6.73. The summed E-state index contributed by atoms with van der Waals surface area (Å²) in [6.07, 6.45) is 2.62. The molecule has 2 aliphatic rings. The van der Waals surface area contributed by atoms with E-state index in [0.717, 1.165) is 0 Å². The van der Waals surface area contributed by atoms with E-state index in [0.29, 0.717) is 32.2 Å². The molecule has 0 amide bonds. The van der Waals surface area contributed by atoms with E-state index in [-0.39, 0.29) is 0 Å². The van der Waals surface area contributed by atoms with Crippen molar-refractivity contribution in [3.8, 4) is 0 Å². The number of piperazine rings is 1. The van der Waals surface area contributed by atoms with E-state index in [2.05, 4.69) is 5.32 Å². The third kappa shape index (κ3) is 7.89. The Labute approximate surface area is 107 Å². The maximum atomic E-state index is 11.8. The number of hydrogen-bond acceptors (Lipinski definition) is 3. The number of nitrogens with two attached hydrogens (primary N) is 1. The molecule has 0 aromatic carbocycles. The molecule has 0 atom stereocenters. The van der Waals surface area contributed by atoms with Crippen molar-refractivity contribution < 1.29 is 13.2 Å². The van der Waals surface area contributed by atoms with Crippen molar-refractivity contribution in [2.75, 3.05) is 32.7 Å². The molecule has 2 fully saturated rings. The van der Waals surface area contributed by atoms with Crippen LogP contribution in [-0.4, -0.2) is 49.8 Å². The van der Waals surface area contributed by atoms with E-state index >= 15 is 0 Å². The third-order valence-corrected chi connectivity index (χ3v) is 3.26. The molecule has 108 valence electrons. The Bertz CT molecular complexity index is 209. The smallest absolute Gasteiger partial charge is 0.328 e. The van der Waals surface area contributed by atoms with E-state index in [1.54, 1.807) is 0 Å². The summed E-state index contributed by atoms with van der Waals surface area (Å²) in [7, 11) is 0. The van der Waals surface area contributed by atoms with E-state index in [4.69, 9.17) is 5.73 Å². The predicted octanol–water partition coefficient (Wildman–Crippen LogP) is 1.73. The zero-order valence-electron chi connectivity index (χ0n) is 10.8. The summed E-state index contributed by atoms with van der Waals surface area (Å²) in [4.78, 5) is 1.41. The van der Waals surface area contributed by atoms with Gasteiger partial charge in [-0.15, -0.1) is 0 Å². The van der Waals surface area contributed by atoms with Crippen LogP contribution in [0.2, 0.25) is 0 Å². The van der Waals surface area contributed by atoms with Gasteiger partial charge in [0.05, 0.1) is 6.54 Å². The fourth-order valence-electron chi connectivity index (χ4n) is 2.26. The molecule has 0 bridgehead atoms. The molecule has 0 radical (unpaired) electrons. The molecule has 0 aromatic heterocycles. The molecule has 3 N–H and O–H groups in total.